The lowest BCUT2D eigenvalue weighted by Gasteiger charge is -2.28. The van der Waals surface area contributed by atoms with Crippen molar-refractivity contribution in [2.24, 2.45) is 4.99 Å². The summed E-state index contributed by atoms with van der Waals surface area (Å²) >= 11 is 0. The monoisotopic (exact) mass is 458 g/mol. The number of hydrogen-bond acceptors (Lipinski definition) is 6. The van der Waals surface area contributed by atoms with Crippen LogP contribution in [0.4, 0.5) is 24.9 Å². The Bertz CT molecular complexity index is 1260. The van der Waals surface area contributed by atoms with Gasteiger partial charge in [-0.1, -0.05) is 12.1 Å². The first-order valence-electron chi connectivity index (χ1n) is 11.0. The molecule has 7 nitrogen and oxygen atoms in total. The van der Waals surface area contributed by atoms with E-state index in [4.69, 9.17) is 14.7 Å². The molecule has 4 heterocycles. The second-order valence-corrected chi connectivity index (χ2v) is 8.32. The zero-order valence-electron chi connectivity index (χ0n) is 18.5. The highest BCUT2D eigenvalue weighted by molar-refractivity contribution is 5.81. The second kappa shape index (κ2) is 8.33. The molecule has 0 amide bonds. The minimum atomic E-state index is -4.41. The Morgan fingerprint density at radius 3 is 2.73 bits per heavy atom. The number of rotatable bonds is 3. The molecule has 1 aromatic carbocycles. The summed E-state index contributed by atoms with van der Waals surface area (Å²) in [5.41, 5.74) is 1.48. The maximum Gasteiger partial charge on any atom is 0.416 e. The van der Waals surface area contributed by atoms with Gasteiger partial charge in [-0.05, 0) is 37.1 Å². The average molecular weight is 458 g/mol. The van der Waals surface area contributed by atoms with E-state index >= 15 is 0 Å². The fourth-order valence-corrected chi connectivity index (χ4v) is 4.54. The number of nitrogens with one attached hydrogen (secondary N) is 1. The van der Waals surface area contributed by atoms with Crippen LogP contribution in [0.25, 0.3) is 10.9 Å². The third-order valence-corrected chi connectivity index (χ3v) is 6.27. The number of anilines is 2. The lowest BCUT2D eigenvalue weighted by Crippen LogP contribution is -2.36. The molecule has 0 radical (unpaired) electrons. The number of benzene rings is 1. The molecule has 2 aromatic heterocycles. The molecule has 10 heteroatoms. The van der Waals surface area contributed by atoms with Crippen LogP contribution in [0.15, 0.2) is 35.5 Å². The molecule has 2 aliphatic heterocycles. The van der Waals surface area contributed by atoms with E-state index in [1.54, 1.807) is 13.0 Å². The Morgan fingerprint density at radius 1 is 1.18 bits per heavy atom. The normalized spacial score (nSPS) is 17.8. The van der Waals surface area contributed by atoms with Crippen molar-refractivity contribution in [2.45, 2.75) is 32.6 Å². The molecule has 1 saturated heterocycles. The summed E-state index contributed by atoms with van der Waals surface area (Å²) < 4.78 is 47.8. The van der Waals surface area contributed by atoms with Crippen LogP contribution in [0.2, 0.25) is 0 Å². The van der Waals surface area contributed by atoms with E-state index in [-0.39, 0.29) is 5.56 Å². The van der Waals surface area contributed by atoms with Crippen molar-refractivity contribution in [3.8, 4) is 0 Å². The van der Waals surface area contributed by atoms with Gasteiger partial charge in [-0.15, -0.1) is 0 Å². The van der Waals surface area contributed by atoms with Crippen molar-refractivity contribution in [2.75, 3.05) is 43.1 Å². The summed E-state index contributed by atoms with van der Waals surface area (Å²) in [7, 11) is 0. The standard InChI is InChI=1S/C23H25F3N6O/c1-14-16(4-3-5-18(14)23(24,25)26)15(2)29-21-17-12-20(31-8-10-33-11-9-31)28-13-19(17)32-7-6-27-22(32)30-21/h3-5,12-13,15H,6-11H2,1-2H3,(H,27,29,30). The van der Waals surface area contributed by atoms with Gasteiger partial charge in [-0.25, -0.2) is 4.98 Å². The van der Waals surface area contributed by atoms with E-state index in [9.17, 15) is 13.2 Å². The first-order chi connectivity index (χ1) is 15.8. The molecular formula is C23H25F3N6O. The van der Waals surface area contributed by atoms with Crippen LogP contribution in [-0.4, -0.2) is 47.4 Å². The highest BCUT2D eigenvalue weighted by atomic mass is 19.4. The van der Waals surface area contributed by atoms with Gasteiger partial charge in [0.25, 0.3) is 0 Å². The van der Waals surface area contributed by atoms with Crippen LogP contribution in [0, 0.1) is 6.92 Å². The van der Waals surface area contributed by atoms with Gasteiger partial charge in [0, 0.05) is 31.6 Å². The number of morpholine rings is 1. The Labute approximate surface area is 188 Å². The third kappa shape index (κ3) is 4.03. The minimum Gasteiger partial charge on any atom is -0.378 e. The van der Waals surface area contributed by atoms with E-state index in [1.165, 1.54) is 13.0 Å². The summed E-state index contributed by atoms with van der Waals surface area (Å²) in [6.07, 6.45) is -2.57. The Kier molecular flexibility index (Phi) is 5.48. The molecule has 1 atom stereocenters. The van der Waals surface area contributed by atoms with Crippen LogP contribution >= 0.6 is 0 Å². The molecule has 1 N–H and O–H groups in total. The van der Waals surface area contributed by atoms with Crippen LogP contribution in [0.1, 0.15) is 29.7 Å². The first-order valence-corrected chi connectivity index (χ1v) is 11.0. The Morgan fingerprint density at radius 2 is 1.97 bits per heavy atom. The molecular weight excluding hydrogens is 433 g/mol. The highest BCUT2D eigenvalue weighted by Crippen LogP contribution is 2.35. The maximum absolute atomic E-state index is 13.4. The SMILES string of the molecule is Cc1c(C(C)N=c2nc3n(c4cnc(N5CCOCC5)cc24)CCN3)cccc1C(F)(F)F. The quantitative estimate of drug-likeness (QED) is 0.649. The lowest BCUT2D eigenvalue weighted by molar-refractivity contribution is -0.138. The van der Waals surface area contributed by atoms with Gasteiger partial charge in [0.1, 0.15) is 5.82 Å². The zero-order valence-corrected chi connectivity index (χ0v) is 18.5. The molecule has 5 rings (SSSR count). The molecule has 3 aromatic rings. The zero-order chi connectivity index (χ0) is 23.2. The largest absolute Gasteiger partial charge is 0.416 e. The van der Waals surface area contributed by atoms with Gasteiger partial charge in [0.15, 0.2) is 5.49 Å². The van der Waals surface area contributed by atoms with E-state index < -0.39 is 17.8 Å². The number of nitrogens with zero attached hydrogens (tertiary/aromatic N) is 5. The molecule has 1 fully saturated rings. The average Bonchev–Trinajstić information content (AvgIpc) is 3.27. The predicted molar refractivity (Wildman–Crippen MR) is 119 cm³/mol. The van der Waals surface area contributed by atoms with E-state index in [0.29, 0.717) is 30.2 Å². The second-order valence-electron chi connectivity index (χ2n) is 8.32. The molecule has 2 aliphatic rings. The van der Waals surface area contributed by atoms with E-state index in [1.807, 2.05) is 12.3 Å². The van der Waals surface area contributed by atoms with Crippen LogP contribution in [-0.2, 0) is 17.5 Å². The summed E-state index contributed by atoms with van der Waals surface area (Å²) in [6, 6.07) is 5.71. The number of ether oxygens (including phenoxy) is 1. The van der Waals surface area contributed by atoms with Gasteiger partial charge >= 0.3 is 6.18 Å². The maximum atomic E-state index is 13.4. The molecule has 1 unspecified atom stereocenters. The number of hydrogen-bond donors (Lipinski definition) is 1. The third-order valence-electron chi connectivity index (χ3n) is 6.27. The summed E-state index contributed by atoms with van der Waals surface area (Å²) in [4.78, 5) is 16.4. The smallest absolute Gasteiger partial charge is 0.378 e. The Balaban J connectivity index is 1.65. The summed E-state index contributed by atoms with van der Waals surface area (Å²) in [6.45, 7) is 7.59. The van der Waals surface area contributed by atoms with Crippen molar-refractivity contribution in [1.29, 1.82) is 0 Å². The molecule has 0 aliphatic carbocycles. The number of aromatic nitrogens is 3. The van der Waals surface area contributed by atoms with E-state index in [2.05, 4.69) is 19.8 Å². The molecule has 174 valence electrons. The van der Waals surface area contributed by atoms with Gasteiger partial charge in [0.2, 0.25) is 5.95 Å². The number of pyridine rings is 1. The number of alkyl halides is 3. The van der Waals surface area contributed by atoms with Crippen LogP contribution in [0.3, 0.4) is 0 Å². The predicted octanol–water partition coefficient (Wildman–Crippen LogP) is 3.68. The fraction of sp³-hybridized carbons (Fsp3) is 0.435. The number of fused-ring (bicyclic) bond motifs is 3. The molecule has 33 heavy (non-hydrogen) atoms. The summed E-state index contributed by atoms with van der Waals surface area (Å²) in [5, 5.41) is 4.08. The fourth-order valence-electron chi connectivity index (χ4n) is 4.54. The molecule has 0 bridgehead atoms. The van der Waals surface area contributed by atoms with Gasteiger partial charge in [0.05, 0.1) is 36.5 Å². The van der Waals surface area contributed by atoms with Gasteiger partial charge in [-0.3, -0.25) is 4.99 Å². The number of halogens is 3. The first kappa shape index (κ1) is 21.7. The lowest BCUT2D eigenvalue weighted by atomic mass is 9.97. The van der Waals surface area contributed by atoms with Gasteiger partial charge < -0.3 is 19.5 Å². The minimum absolute atomic E-state index is 0.190. The van der Waals surface area contributed by atoms with Gasteiger partial charge in [-0.2, -0.15) is 18.2 Å². The van der Waals surface area contributed by atoms with Crippen molar-refractivity contribution < 1.29 is 17.9 Å². The van der Waals surface area contributed by atoms with Crippen LogP contribution < -0.4 is 15.7 Å². The molecule has 0 spiro atoms. The molecule has 0 saturated carbocycles. The van der Waals surface area contributed by atoms with Crippen molar-refractivity contribution >= 4 is 22.7 Å². The highest BCUT2D eigenvalue weighted by Gasteiger charge is 2.33. The van der Waals surface area contributed by atoms with Crippen molar-refractivity contribution in [3.63, 3.8) is 0 Å². The van der Waals surface area contributed by atoms with Crippen LogP contribution in [0.5, 0.6) is 0 Å². The van der Waals surface area contributed by atoms with Crippen molar-refractivity contribution in [3.05, 3.63) is 52.6 Å². The Hall–Kier alpha value is -3.14. The van der Waals surface area contributed by atoms with E-state index in [0.717, 1.165) is 49.0 Å². The topological polar surface area (TPSA) is 67.6 Å². The summed E-state index contributed by atoms with van der Waals surface area (Å²) in [5.74, 6) is 1.51. The van der Waals surface area contributed by atoms with Crippen molar-refractivity contribution in [1.82, 2.24) is 14.5 Å².